The summed E-state index contributed by atoms with van der Waals surface area (Å²) in [4.78, 5) is 0.0799. The lowest BCUT2D eigenvalue weighted by atomic mass is 10.2. The molecule has 7 heteroatoms. The molecule has 0 atom stereocenters. The second kappa shape index (κ2) is 6.05. The predicted molar refractivity (Wildman–Crippen MR) is 88.2 cm³/mol. The molecule has 0 fully saturated rings. The van der Waals surface area contributed by atoms with Crippen LogP contribution in [0.4, 0.5) is 5.69 Å². The smallest absolute Gasteiger partial charge is 0.262 e. The average Bonchev–Trinajstić information content (AvgIpc) is 2.37. The van der Waals surface area contributed by atoms with Crippen LogP contribution in [-0.4, -0.2) is 8.42 Å². The molecule has 3 nitrogen and oxygen atoms in total. The minimum Gasteiger partial charge on any atom is -0.279 e. The Morgan fingerprint density at radius 1 is 0.905 bits per heavy atom. The number of benzene rings is 2. The van der Waals surface area contributed by atoms with Crippen LogP contribution in [0.2, 0.25) is 15.1 Å². The van der Waals surface area contributed by atoms with Gasteiger partial charge in [-0.15, -0.1) is 0 Å². The molecule has 0 amide bonds. The largest absolute Gasteiger partial charge is 0.279 e. The van der Waals surface area contributed by atoms with E-state index in [0.717, 1.165) is 5.56 Å². The number of anilines is 1. The lowest BCUT2D eigenvalue weighted by Gasteiger charge is -2.13. The van der Waals surface area contributed by atoms with Gasteiger partial charge in [0.25, 0.3) is 10.0 Å². The highest BCUT2D eigenvalue weighted by molar-refractivity contribution is 7.92. The quantitative estimate of drug-likeness (QED) is 0.827. The zero-order valence-corrected chi connectivity index (χ0v) is 14.3. The standard InChI is InChI=1S/C14H12Cl3NO2S/c1-8-3-4-10(15)6-13(8)18-21(19,20)14-7-12(17)11(16)5-9(14)2/h3-7,18H,1-2H3. The third kappa shape index (κ3) is 3.64. The van der Waals surface area contributed by atoms with Crippen molar-refractivity contribution in [1.82, 2.24) is 0 Å². The molecule has 1 N–H and O–H groups in total. The molecule has 0 aliphatic rings. The van der Waals surface area contributed by atoms with Crippen molar-refractivity contribution in [3.8, 4) is 0 Å². The van der Waals surface area contributed by atoms with Gasteiger partial charge in [0.05, 0.1) is 20.6 Å². The molecule has 2 aromatic carbocycles. The SMILES string of the molecule is Cc1ccc(Cl)cc1NS(=O)(=O)c1cc(Cl)c(Cl)cc1C. The second-order valence-electron chi connectivity index (χ2n) is 4.60. The maximum Gasteiger partial charge on any atom is 0.262 e. The van der Waals surface area contributed by atoms with E-state index in [4.69, 9.17) is 34.8 Å². The van der Waals surface area contributed by atoms with Crippen molar-refractivity contribution in [2.45, 2.75) is 18.7 Å². The van der Waals surface area contributed by atoms with Crippen LogP contribution < -0.4 is 4.72 Å². The molecule has 0 spiro atoms. The van der Waals surface area contributed by atoms with Crippen molar-refractivity contribution in [2.24, 2.45) is 0 Å². The Hall–Kier alpha value is -0.940. The lowest BCUT2D eigenvalue weighted by Crippen LogP contribution is -2.15. The van der Waals surface area contributed by atoms with Crippen LogP contribution in [0, 0.1) is 13.8 Å². The van der Waals surface area contributed by atoms with E-state index in [1.165, 1.54) is 12.1 Å². The van der Waals surface area contributed by atoms with E-state index in [2.05, 4.69) is 4.72 Å². The van der Waals surface area contributed by atoms with Crippen molar-refractivity contribution < 1.29 is 8.42 Å². The number of halogens is 3. The maximum atomic E-state index is 12.5. The number of hydrogen-bond donors (Lipinski definition) is 1. The highest BCUT2D eigenvalue weighted by Gasteiger charge is 2.19. The number of hydrogen-bond acceptors (Lipinski definition) is 2. The Morgan fingerprint density at radius 2 is 1.52 bits per heavy atom. The van der Waals surface area contributed by atoms with Gasteiger partial charge in [0.15, 0.2) is 0 Å². The van der Waals surface area contributed by atoms with E-state index in [1.54, 1.807) is 32.0 Å². The summed E-state index contributed by atoms with van der Waals surface area (Å²) in [6, 6.07) is 7.84. The van der Waals surface area contributed by atoms with Crippen LogP contribution in [0.15, 0.2) is 35.2 Å². The Balaban J connectivity index is 2.48. The van der Waals surface area contributed by atoms with Gasteiger partial charge in [-0.1, -0.05) is 40.9 Å². The van der Waals surface area contributed by atoms with E-state index in [0.29, 0.717) is 21.3 Å². The summed E-state index contributed by atoms with van der Waals surface area (Å²) >= 11 is 17.7. The van der Waals surface area contributed by atoms with Crippen LogP contribution in [0.25, 0.3) is 0 Å². The Labute approximate surface area is 138 Å². The molecule has 0 saturated heterocycles. The summed E-state index contributed by atoms with van der Waals surface area (Å²) in [5.74, 6) is 0. The third-order valence-corrected chi connectivity index (χ3v) is 5.42. The molecule has 0 aliphatic heterocycles. The first-order valence-electron chi connectivity index (χ1n) is 5.95. The fourth-order valence-corrected chi connectivity index (χ4v) is 3.82. The number of aryl methyl sites for hydroxylation is 2. The van der Waals surface area contributed by atoms with Crippen LogP contribution in [0.3, 0.4) is 0 Å². The van der Waals surface area contributed by atoms with Crippen molar-refractivity contribution in [3.63, 3.8) is 0 Å². The normalized spacial score (nSPS) is 11.5. The predicted octanol–water partition coefficient (Wildman–Crippen LogP) is 5.06. The highest BCUT2D eigenvalue weighted by Crippen LogP contribution is 2.30. The fourth-order valence-electron chi connectivity index (χ4n) is 1.82. The van der Waals surface area contributed by atoms with E-state index in [1.807, 2.05) is 0 Å². The monoisotopic (exact) mass is 363 g/mol. The molecule has 21 heavy (non-hydrogen) atoms. The Morgan fingerprint density at radius 3 is 2.19 bits per heavy atom. The number of rotatable bonds is 3. The molecular formula is C14H12Cl3NO2S. The molecule has 0 radical (unpaired) electrons. The first-order valence-corrected chi connectivity index (χ1v) is 8.57. The first-order chi connectivity index (χ1) is 9.70. The van der Waals surface area contributed by atoms with Crippen LogP contribution in [-0.2, 0) is 10.0 Å². The topological polar surface area (TPSA) is 46.2 Å². The summed E-state index contributed by atoms with van der Waals surface area (Å²) in [6.07, 6.45) is 0. The number of sulfonamides is 1. The molecule has 0 unspecified atom stereocenters. The van der Waals surface area contributed by atoms with Gasteiger partial charge in [0.2, 0.25) is 0 Å². The third-order valence-electron chi connectivity index (χ3n) is 2.95. The van der Waals surface area contributed by atoms with Gasteiger partial charge in [-0.25, -0.2) is 8.42 Å². The minimum atomic E-state index is -3.77. The molecule has 0 saturated carbocycles. The number of nitrogens with one attached hydrogen (secondary N) is 1. The van der Waals surface area contributed by atoms with E-state index >= 15 is 0 Å². The average molecular weight is 365 g/mol. The lowest BCUT2D eigenvalue weighted by molar-refractivity contribution is 0.600. The van der Waals surface area contributed by atoms with Gasteiger partial charge in [-0.05, 0) is 49.2 Å². The fraction of sp³-hybridized carbons (Fsp3) is 0.143. The zero-order valence-electron chi connectivity index (χ0n) is 11.2. The second-order valence-corrected chi connectivity index (χ2v) is 7.50. The van der Waals surface area contributed by atoms with Gasteiger partial charge < -0.3 is 0 Å². The van der Waals surface area contributed by atoms with Gasteiger partial charge in [0.1, 0.15) is 0 Å². The summed E-state index contributed by atoms with van der Waals surface area (Å²) in [6.45, 7) is 3.44. The Bertz CT molecular complexity index is 804. The molecule has 0 aromatic heterocycles. The molecule has 0 bridgehead atoms. The van der Waals surface area contributed by atoms with Crippen LogP contribution in [0.1, 0.15) is 11.1 Å². The molecule has 2 rings (SSSR count). The molecule has 0 aliphatic carbocycles. The van der Waals surface area contributed by atoms with Crippen LogP contribution >= 0.6 is 34.8 Å². The van der Waals surface area contributed by atoms with Crippen molar-refractivity contribution >= 4 is 50.5 Å². The van der Waals surface area contributed by atoms with Gasteiger partial charge in [0, 0.05) is 5.02 Å². The maximum absolute atomic E-state index is 12.5. The Kier molecular flexibility index (Phi) is 4.73. The zero-order chi connectivity index (χ0) is 15.8. The minimum absolute atomic E-state index is 0.0799. The van der Waals surface area contributed by atoms with Crippen molar-refractivity contribution in [3.05, 3.63) is 56.5 Å². The molecular weight excluding hydrogens is 353 g/mol. The van der Waals surface area contributed by atoms with Gasteiger partial charge in [-0.3, -0.25) is 4.72 Å². The van der Waals surface area contributed by atoms with E-state index in [9.17, 15) is 8.42 Å². The van der Waals surface area contributed by atoms with Gasteiger partial charge in [-0.2, -0.15) is 0 Å². The van der Waals surface area contributed by atoms with E-state index in [-0.39, 0.29) is 9.92 Å². The van der Waals surface area contributed by atoms with Crippen molar-refractivity contribution in [1.29, 1.82) is 0 Å². The molecule has 112 valence electrons. The molecule has 0 heterocycles. The summed E-state index contributed by atoms with van der Waals surface area (Å²) in [5, 5.41) is 0.946. The first kappa shape index (κ1) is 16.4. The highest BCUT2D eigenvalue weighted by atomic mass is 35.5. The van der Waals surface area contributed by atoms with Crippen LogP contribution in [0.5, 0.6) is 0 Å². The summed E-state index contributed by atoms with van der Waals surface area (Å²) < 4.78 is 27.5. The summed E-state index contributed by atoms with van der Waals surface area (Å²) in [5.41, 5.74) is 1.70. The van der Waals surface area contributed by atoms with E-state index < -0.39 is 10.0 Å². The summed E-state index contributed by atoms with van der Waals surface area (Å²) in [7, 11) is -3.77. The van der Waals surface area contributed by atoms with Crippen molar-refractivity contribution in [2.75, 3.05) is 4.72 Å². The van der Waals surface area contributed by atoms with Gasteiger partial charge >= 0.3 is 0 Å². The molecule has 2 aromatic rings.